The summed E-state index contributed by atoms with van der Waals surface area (Å²) in [6, 6.07) is 22.1. The van der Waals surface area contributed by atoms with Crippen molar-refractivity contribution in [1.29, 1.82) is 0 Å². The topological polar surface area (TPSA) is 40.5 Å². The summed E-state index contributed by atoms with van der Waals surface area (Å²) in [4.78, 5) is 12.6. The van der Waals surface area contributed by atoms with Gasteiger partial charge in [-0.05, 0) is 78.4 Å². The minimum absolute atomic E-state index is 0.0735. The molecule has 4 aromatic rings. The molecule has 0 atom stereocenters. The van der Waals surface area contributed by atoms with Gasteiger partial charge in [-0.25, -0.2) is 0 Å². The molecule has 4 nitrogen and oxygen atoms in total. The van der Waals surface area contributed by atoms with Crippen LogP contribution in [0.3, 0.4) is 0 Å². The molecule has 0 fully saturated rings. The van der Waals surface area contributed by atoms with Crippen LogP contribution >= 0.6 is 23.2 Å². The average Bonchev–Trinajstić information content (AvgIpc) is 3.37. The van der Waals surface area contributed by atoms with Gasteiger partial charge in [0.05, 0.1) is 12.1 Å². The van der Waals surface area contributed by atoms with Gasteiger partial charge in [0.25, 0.3) is 0 Å². The molecular weight excluding hydrogens is 457 g/mol. The molecule has 0 aliphatic heterocycles. The van der Waals surface area contributed by atoms with E-state index in [2.05, 4.69) is 0 Å². The van der Waals surface area contributed by atoms with Gasteiger partial charge in [-0.1, -0.05) is 35.3 Å². The number of hydrogen-bond donors (Lipinski definition) is 0. The highest BCUT2D eigenvalue weighted by atomic mass is 35.5. The summed E-state index contributed by atoms with van der Waals surface area (Å²) < 4.78 is 13.3. The Kier molecular flexibility index (Phi) is 7.18. The van der Waals surface area contributed by atoms with Gasteiger partial charge in [0.2, 0.25) is 0 Å². The monoisotopic (exact) mass is 477 g/mol. The summed E-state index contributed by atoms with van der Waals surface area (Å²) in [5.74, 6) is 1.14. The average molecular weight is 478 g/mol. The van der Waals surface area contributed by atoms with Crippen LogP contribution in [0, 0.1) is 0 Å². The second-order valence-electron chi connectivity index (χ2n) is 7.27. The Morgan fingerprint density at radius 2 is 1.67 bits per heavy atom. The molecule has 0 N–H and O–H groups in total. The highest BCUT2D eigenvalue weighted by Gasteiger charge is 2.08. The predicted molar refractivity (Wildman–Crippen MR) is 133 cm³/mol. The third-order valence-corrected chi connectivity index (χ3v) is 5.59. The molecule has 0 saturated carbocycles. The minimum atomic E-state index is -0.0735. The first-order valence-corrected chi connectivity index (χ1v) is 11.0. The Morgan fingerprint density at radius 1 is 0.939 bits per heavy atom. The van der Waals surface area contributed by atoms with Crippen molar-refractivity contribution >= 4 is 35.1 Å². The molecule has 0 aliphatic carbocycles. The SMILES string of the molecule is COc1ccc(/C=C/C(=O)c2ccc(-n3cccc3)cc2)cc1COc1ccc(Cl)cc1Cl. The first-order chi connectivity index (χ1) is 16.0. The molecule has 0 bridgehead atoms. The van der Waals surface area contributed by atoms with Crippen molar-refractivity contribution in [2.45, 2.75) is 6.61 Å². The molecule has 1 aromatic heterocycles. The molecule has 0 saturated heterocycles. The summed E-state index contributed by atoms with van der Waals surface area (Å²) in [5, 5.41) is 0.979. The van der Waals surface area contributed by atoms with Gasteiger partial charge in [0.15, 0.2) is 5.78 Å². The summed E-state index contributed by atoms with van der Waals surface area (Å²) in [5.41, 5.74) is 3.31. The second-order valence-corrected chi connectivity index (χ2v) is 8.11. The molecule has 0 unspecified atom stereocenters. The van der Waals surface area contributed by atoms with Crippen LogP contribution in [0.4, 0.5) is 0 Å². The number of aromatic nitrogens is 1. The molecule has 1 heterocycles. The number of allylic oxidation sites excluding steroid dienone is 1. The summed E-state index contributed by atoms with van der Waals surface area (Å²) in [7, 11) is 1.60. The van der Waals surface area contributed by atoms with E-state index < -0.39 is 0 Å². The zero-order chi connectivity index (χ0) is 23.2. The Balaban J connectivity index is 1.46. The van der Waals surface area contributed by atoms with Gasteiger partial charge in [0.1, 0.15) is 18.1 Å². The first-order valence-electron chi connectivity index (χ1n) is 10.2. The lowest BCUT2D eigenvalue weighted by Gasteiger charge is -2.12. The lowest BCUT2D eigenvalue weighted by Crippen LogP contribution is -2.00. The number of ketones is 1. The fraction of sp³-hybridized carbons (Fsp3) is 0.0741. The Labute approximate surface area is 202 Å². The summed E-state index contributed by atoms with van der Waals surface area (Å²) >= 11 is 12.1. The van der Waals surface area contributed by atoms with Gasteiger partial charge < -0.3 is 14.0 Å². The number of rotatable bonds is 8. The molecule has 0 radical (unpaired) electrons. The molecule has 0 spiro atoms. The normalized spacial score (nSPS) is 11.0. The van der Waals surface area contributed by atoms with Crippen LogP contribution in [0.5, 0.6) is 11.5 Å². The van der Waals surface area contributed by atoms with Crippen molar-refractivity contribution in [1.82, 2.24) is 4.57 Å². The Bertz CT molecular complexity index is 1280. The van der Waals surface area contributed by atoms with E-state index in [0.717, 1.165) is 16.8 Å². The predicted octanol–water partition coefficient (Wildman–Crippen LogP) is 7.27. The molecule has 0 aliphatic rings. The quantitative estimate of drug-likeness (QED) is 0.198. The lowest BCUT2D eigenvalue weighted by molar-refractivity contribution is 0.104. The number of benzene rings is 3. The maximum absolute atomic E-state index is 12.6. The first kappa shape index (κ1) is 22.7. The third-order valence-electron chi connectivity index (χ3n) is 5.06. The fourth-order valence-electron chi connectivity index (χ4n) is 3.34. The maximum Gasteiger partial charge on any atom is 0.185 e. The van der Waals surface area contributed by atoms with Crippen LogP contribution in [0.25, 0.3) is 11.8 Å². The number of methoxy groups -OCH3 is 1. The molecule has 33 heavy (non-hydrogen) atoms. The molecule has 166 valence electrons. The van der Waals surface area contributed by atoms with E-state index in [1.807, 2.05) is 71.6 Å². The largest absolute Gasteiger partial charge is 0.496 e. The lowest BCUT2D eigenvalue weighted by atomic mass is 10.1. The van der Waals surface area contributed by atoms with E-state index in [0.29, 0.717) is 27.1 Å². The van der Waals surface area contributed by atoms with Crippen molar-refractivity contribution in [3.8, 4) is 17.2 Å². The molecule has 6 heteroatoms. The number of ether oxygens (including phenoxy) is 2. The van der Waals surface area contributed by atoms with Gasteiger partial charge in [-0.15, -0.1) is 0 Å². The number of hydrogen-bond acceptors (Lipinski definition) is 3. The Morgan fingerprint density at radius 3 is 2.36 bits per heavy atom. The third kappa shape index (κ3) is 5.67. The van der Waals surface area contributed by atoms with E-state index >= 15 is 0 Å². The zero-order valence-electron chi connectivity index (χ0n) is 17.9. The maximum atomic E-state index is 12.6. The molecular formula is C27H21Cl2NO3. The zero-order valence-corrected chi connectivity index (χ0v) is 19.4. The standard InChI is InChI=1S/C27H21Cl2NO3/c1-32-26-12-5-19(16-21(26)18-33-27-13-8-22(28)17-24(27)29)4-11-25(31)20-6-9-23(10-7-20)30-14-2-3-15-30/h2-17H,18H2,1H3/b11-4+. The van der Waals surface area contributed by atoms with Crippen LogP contribution in [-0.4, -0.2) is 17.5 Å². The van der Waals surface area contributed by atoms with Gasteiger partial charge in [-0.2, -0.15) is 0 Å². The van der Waals surface area contributed by atoms with Crippen LogP contribution in [0.2, 0.25) is 10.0 Å². The highest BCUT2D eigenvalue weighted by molar-refractivity contribution is 6.35. The van der Waals surface area contributed by atoms with E-state index in [4.69, 9.17) is 32.7 Å². The molecule has 3 aromatic carbocycles. The van der Waals surface area contributed by atoms with E-state index in [-0.39, 0.29) is 12.4 Å². The van der Waals surface area contributed by atoms with Crippen LogP contribution < -0.4 is 9.47 Å². The van der Waals surface area contributed by atoms with Gasteiger partial charge >= 0.3 is 0 Å². The molecule has 4 rings (SSSR count). The van der Waals surface area contributed by atoms with Crippen molar-refractivity contribution in [2.24, 2.45) is 0 Å². The summed E-state index contributed by atoms with van der Waals surface area (Å²) in [6.07, 6.45) is 7.26. The van der Waals surface area contributed by atoms with Gasteiger partial charge in [-0.3, -0.25) is 4.79 Å². The van der Waals surface area contributed by atoms with Crippen molar-refractivity contribution in [3.63, 3.8) is 0 Å². The number of carbonyl (C=O) groups is 1. The van der Waals surface area contributed by atoms with Crippen LogP contribution in [0.1, 0.15) is 21.5 Å². The van der Waals surface area contributed by atoms with Crippen molar-refractivity contribution < 1.29 is 14.3 Å². The summed E-state index contributed by atoms with van der Waals surface area (Å²) in [6.45, 7) is 0.251. The van der Waals surface area contributed by atoms with Crippen molar-refractivity contribution in [3.05, 3.63) is 118 Å². The second kappa shape index (κ2) is 10.4. The Hall–Kier alpha value is -3.47. The highest BCUT2D eigenvalue weighted by Crippen LogP contribution is 2.29. The van der Waals surface area contributed by atoms with Crippen molar-refractivity contribution in [2.75, 3.05) is 7.11 Å². The molecule has 0 amide bonds. The number of nitrogens with zero attached hydrogens (tertiary/aromatic N) is 1. The smallest absolute Gasteiger partial charge is 0.185 e. The van der Waals surface area contributed by atoms with Gasteiger partial charge in [0, 0.05) is 34.2 Å². The van der Waals surface area contributed by atoms with E-state index in [1.165, 1.54) is 0 Å². The van der Waals surface area contributed by atoms with E-state index in [1.54, 1.807) is 37.5 Å². The fourth-order valence-corrected chi connectivity index (χ4v) is 3.80. The minimum Gasteiger partial charge on any atom is -0.496 e. The van der Waals surface area contributed by atoms with E-state index in [9.17, 15) is 4.79 Å². The number of carbonyl (C=O) groups excluding carboxylic acids is 1. The number of halogens is 2. The van der Waals surface area contributed by atoms with Crippen LogP contribution in [0.15, 0.2) is 91.3 Å². The van der Waals surface area contributed by atoms with Crippen LogP contribution in [-0.2, 0) is 6.61 Å².